The SMILES string of the molecule is CN(CC(=O)NC(C)(C)C)C(=O)Cn1cnc2ccc(Cl)cc2c1=O. The lowest BCUT2D eigenvalue weighted by molar-refractivity contribution is -0.135. The Morgan fingerprint density at radius 1 is 1.32 bits per heavy atom. The number of fused-ring (bicyclic) bond motifs is 1. The highest BCUT2D eigenvalue weighted by Crippen LogP contribution is 2.14. The Bertz CT molecular complexity index is 870. The van der Waals surface area contributed by atoms with Gasteiger partial charge in [-0.1, -0.05) is 11.6 Å². The number of hydrogen-bond donors (Lipinski definition) is 1. The summed E-state index contributed by atoms with van der Waals surface area (Å²) >= 11 is 5.91. The van der Waals surface area contributed by atoms with Crippen LogP contribution >= 0.6 is 11.6 Å². The van der Waals surface area contributed by atoms with Crippen LogP contribution in [0.15, 0.2) is 29.3 Å². The number of halogens is 1. The third-order valence-corrected chi connectivity index (χ3v) is 3.65. The highest BCUT2D eigenvalue weighted by atomic mass is 35.5. The van der Waals surface area contributed by atoms with Crippen LogP contribution in [-0.2, 0) is 16.1 Å². The molecule has 1 aromatic carbocycles. The van der Waals surface area contributed by atoms with E-state index in [1.54, 1.807) is 12.1 Å². The smallest absolute Gasteiger partial charge is 0.261 e. The van der Waals surface area contributed by atoms with E-state index in [-0.39, 0.29) is 36.0 Å². The molecule has 0 aliphatic rings. The summed E-state index contributed by atoms with van der Waals surface area (Å²) in [6.45, 7) is 5.29. The number of carbonyl (C=O) groups excluding carboxylic acids is 2. The maximum absolute atomic E-state index is 12.5. The zero-order chi connectivity index (χ0) is 18.8. The Labute approximate surface area is 150 Å². The molecule has 0 bridgehead atoms. The number of aromatic nitrogens is 2. The third kappa shape index (κ3) is 5.03. The lowest BCUT2D eigenvalue weighted by Gasteiger charge is -2.23. The van der Waals surface area contributed by atoms with Crippen molar-refractivity contribution in [1.29, 1.82) is 0 Å². The average Bonchev–Trinajstić information content (AvgIpc) is 2.48. The quantitative estimate of drug-likeness (QED) is 0.889. The van der Waals surface area contributed by atoms with E-state index in [2.05, 4.69) is 10.3 Å². The average molecular weight is 365 g/mol. The molecule has 25 heavy (non-hydrogen) atoms. The first-order chi connectivity index (χ1) is 11.6. The van der Waals surface area contributed by atoms with Gasteiger partial charge in [-0.25, -0.2) is 4.98 Å². The minimum absolute atomic E-state index is 0.0856. The lowest BCUT2D eigenvalue weighted by atomic mass is 10.1. The van der Waals surface area contributed by atoms with Crippen molar-refractivity contribution in [3.05, 3.63) is 39.9 Å². The maximum atomic E-state index is 12.5. The van der Waals surface area contributed by atoms with E-state index in [1.165, 1.54) is 28.9 Å². The van der Waals surface area contributed by atoms with Gasteiger partial charge in [0.1, 0.15) is 6.54 Å². The fraction of sp³-hybridized carbons (Fsp3) is 0.412. The van der Waals surface area contributed by atoms with Gasteiger partial charge in [0.15, 0.2) is 0 Å². The van der Waals surface area contributed by atoms with Crippen LogP contribution in [0.2, 0.25) is 5.02 Å². The van der Waals surface area contributed by atoms with Gasteiger partial charge < -0.3 is 10.2 Å². The lowest BCUT2D eigenvalue weighted by Crippen LogP contribution is -2.47. The Morgan fingerprint density at radius 2 is 2.00 bits per heavy atom. The molecule has 0 atom stereocenters. The van der Waals surface area contributed by atoms with Crippen molar-refractivity contribution in [2.75, 3.05) is 13.6 Å². The number of amides is 2. The second-order valence-corrected chi connectivity index (χ2v) is 7.32. The zero-order valence-electron chi connectivity index (χ0n) is 14.7. The maximum Gasteiger partial charge on any atom is 0.261 e. The molecular formula is C17H21ClN4O3. The monoisotopic (exact) mass is 364 g/mol. The molecule has 0 saturated heterocycles. The summed E-state index contributed by atoms with van der Waals surface area (Å²) in [5.41, 5.74) is -0.219. The van der Waals surface area contributed by atoms with Gasteiger partial charge >= 0.3 is 0 Å². The predicted molar refractivity (Wildman–Crippen MR) is 96.5 cm³/mol. The van der Waals surface area contributed by atoms with E-state index in [9.17, 15) is 14.4 Å². The van der Waals surface area contributed by atoms with Crippen molar-refractivity contribution in [3.8, 4) is 0 Å². The normalized spacial score (nSPS) is 11.4. The summed E-state index contributed by atoms with van der Waals surface area (Å²) in [6.07, 6.45) is 1.32. The molecule has 0 saturated carbocycles. The molecule has 0 unspecified atom stereocenters. The van der Waals surface area contributed by atoms with Crippen LogP contribution in [0.3, 0.4) is 0 Å². The summed E-state index contributed by atoms with van der Waals surface area (Å²) in [4.78, 5) is 42.1. The van der Waals surface area contributed by atoms with Gasteiger partial charge in [-0.15, -0.1) is 0 Å². The van der Waals surface area contributed by atoms with Crippen LogP contribution in [0.4, 0.5) is 0 Å². The minimum Gasteiger partial charge on any atom is -0.350 e. The highest BCUT2D eigenvalue weighted by molar-refractivity contribution is 6.31. The first-order valence-electron chi connectivity index (χ1n) is 7.76. The number of nitrogens with zero attached hydrogens (tertiary/aromatic N) is 3. The largest absolute Gasteiger partial charge is 0.350 e. The molecule has 2 amide bonds. The molecule has 7 nitrogen and oxygen atoms in total. The summed E-state index contributed by atoms with van der Waals surface area (Å²) in [7, 11) is 1.51. The fourth-order valence-electron chi connectivity index (χ4n) is 2.27. The molecule has 2 aromatic rings. The first kappa shape index (κ1) is 18.9. The molecule has 0 fully saturated rings. The Hall–Kier alpha value is -2.41. The van der Waals surface area contributed by atoms with Crippen molar-refractivity contribution in [3.63, 3.8) is 0 Å². The highest BCUT2D eigenvalue weighted by Gasteiger charge is 2.18. The second kappa shape index (κ2) is 7.23. The zero-order valence-corrected chi connectivity index (χ0v) is 15.4. The second-order valence-electron chi connectivity index (χ2n) is 6.89. The summed E-state index contributed by atoms with van der Waals surface area (Å²) in [5.74, 6) is -0.631. The van der Waals surface area contributed by atoms with Crippen molar-refractivity contribution >= 4 is 34.3 Å². The summed E-state index contributed by atoms with van der Waals surface area (Å²) in [5, 5.41) is 3.55. The molecule has 1 N–H and O–H groups in total. The molecule has 134 valence electrons. The fourth-order valence-corrected chi connectivity index (χ4v) is 2.44. The number of hydrogen-bond acceptors (Lipinski definition) is 4. The van der Waals surface area contributed by atoms with Crippen LogP contribution in [0.25, 0.3) is 10.9 Å². The van der Waals surface area contributed by atoms with Crippen LogP contribution in [0.5, 0.6) is 0 Å². The Kier molecular flexibility index (Phi) is 5.47. The molecular weight excluding hydrogens is 344 g/mol. The number of carbonyl (C=O) groups is 2. The van der Waals surface area contributed by atoms with Crippen molar-refractivity contribution in [1.82, 2.24) is 19.8 Å². The topological polar surface area (TPSA) is 84.3 Å². The Morgan fingerprint density at radius 3 is 2.64 bits per heavy atom. The van der Waals surface area contributed by atoms with Crippen LogP contribution in [-0.4, -0.2) is 45.4 Å². The van der Waals surface area contributed by atoms with E-state index in [0.29, 0.717) is 15.9 Å². The number of benzene rings is 1. The summed E-state index contributed by atoms with van der Waals surface area (Å²) in [6, 6.07) is 4.81. The van der Waals surface area contributed by atoms with E-state index >= 15 is 0 Å². The van der Waals surface area contributed by atoms with E-state index in [4.69, 9.17) is 11.6 Å². The van der Waals surface area contributed by atoms with Gasteiger partial charge in [-0.3, -0.25) is 19.0 Å². The van der Waals surface area contributed by atoms with E-state index in [0.717, 1.165) is 0 Å². The van der Waals surface area contributed by atoms with Crippen molar-refractivity contribution < 1.29 is 9.59 Å². The van der Waals surface area contributed by atoms with Gasteiger partial charge in [-0.2, -0.15) is 0 Å². The van der Waals surface area contributed by atoms with Gasteiger partial charge in [0, 0.05) is 17.6 Å². The van der Waals surface area contributed by atoms with Crippen LogP contribution < -0.4 is 10.9 Å². The first-order valence-corrected chi connectivity index (χ1v) is 8.14. The van der Waals surface area contributed by atoms with Gasteiger partial charge in [-0.05, 0) is 39.0 Å². The molecule has 1 heterocycles. The molecule has 8 heteroatoms. The Balaban J connectivity index is 2.12. The van der Waals surface area contributed by atoms with E-state index in [1.807, 2.05) is 20.8 Å². The third-order valence-electron chi connectivity index (χ3n) is 3.41. The molecule has 0 aliphatic carbocycles. The molecule has 1 aromatic heterocycles. The van der Waals surface area contributed by atoms with Crippen LogP contribution in [0.1, 0.15) is 20.8 Å². The summed E-state index contributed by atoms with van der Waals surface area (Å²) < 4.78 is 1.21. The minimum atomic E-state index is -0.376. The standard InChI is InChI=1S/C17H21ClN4O3/c1-17(2,3)20-14(23)8-21(4)15(24)9-22-10-19-13-6-5-11(18)7-12(13)16(22)25/h5-7,10H,8-9H2,1-4H3,(H,20,23). The predicted octanol–water partition coefficient (Wildman–Crippen LogP) is 1.42. The number of likely N-dealkylation sites (N-methyl/N-ethyl adjacent to an activating group) is 1. The number of nitrogens with one attached hydrogen (secondary N) is 1. The van der Waals surface area contributed by atoms with E-state index < -0.39 is 0 Å². The van der Waals surface area contributed by atoms with Gasteiger partial charge in [0.05, 0.1) is 23.8 Å². The molecule has 0 spiro atoms. The molecule has 0 aliphatic heterocycles. The van der Waals surface area contributed by atoms with Gasteiger partial charge in [0.2, 0.25) is 11.8 Å². The van der Waals surface area contributed by atoms with Crippen molar-refractivity contribution in [2.24, 2.45) is 0 Å². The molecule has 2 rings (SSSR count). The molecule has 0 radical (unpaired) electrons. The number of rotatable bonds is 4. The van der Waals surface area contributed by atoms with Crippen molar-refractivity contribution in [2.45, 2.75) is 32.9 Å². The van der Waals surface area contributed by atoms with Gasteiger partial charge in [0.25, 0.3) is 5.56 Å². The van der Waals surface area contributed by atoms with Crippen LogP contribution in [0, 0.1) is 0 Å².